The van der Waals surface area contributed by atoms with E-state index in [1.54, 1.807) is 13.2 Å². The summed E-state index contributed by atoms with van der Waals surface area (Å²) in [6.07, 6.45) is 3.76. The fraction of sp³-hybridized carbons (Fsp3) is 0.0714. The molecule has 5 heteroatoms. The fourth-order valence-corrected chi connectivity index (χ4v) is 2.09. The van der Waals surface area contributed by atoms with Gasteiger partial charge in [0, 0.05) is 18.0 Å². The molecule has 0 saturated carbocycles. The predicted octanol–water partition coefficient (Wildman–Crippen LogP) is 3.25. The van der Waals surface area contributed by atoms with Crippen LogP contribution in [0.2, 0.25) is 5.02 Å². The van der Waals surface area contributed by atoms with Gasteiger partial charge in [0.25, 0.3) is 0 Å². The van der Waals surface area contributed by atoms with Crippen molar-refractivity contribution in [1.29, 1.82) is 0 Å². The lowest BCUT2D eigenvalue weighted by Crippen LogP contribution is -1.92. The number of anilines is 1. The van der Waals surface area contributed by atoms with Gasteiger partial charge in [-0.1, -0.05) is 11.6 Å². The van der Waals surface area contributed by atoms with Crippen LogP contribution in [0.5, 0.6) is 5.75 Å². The quantitative estimate of drug-likeness (QED) is 0.780. The van der Waals surface area contributed by atoms with Crippen molar-refractivity contribution >= 4 is 22.9 Å². The largest absolute Gasteiger partial charge is 0.497 e. The van der Waals surface area contributed by atoms with E-state index in [0.29, 0.717) is 16.4 Å². The summed E-state index contributed by atoms with van der Waals surface area (Å²) >= 11 is 5.99. The number of ether oxygens (including phenoxy) is 1. The van der Waals surface area contributed by atoms with E-state index in [2.05, 4.69) is 4.98 Å². The number of hydrogen-bond acceptors (Lipinski definition) is 3. The highest BCUT2D eigenvalue weighted by molar-refractivity contribution is 6.33. The molecule has 1 aromatic carbocycles. The summed E-state index contributed by atoms with van der Waals surface area (Å²) in [5.74, 6) is 0.815. The third kappa shape index (κ3) is 2.00. The SMILES string of the molecule is COc1ccc(-c2cn3ccc(Cl)c(N)c3n2)cc1. The molecule has 2 aromatic heterocycles. The van der Waals surface area contributed by atoms with Gasteiger partial charge in [0.1, 0.15) is 5.75 Å². The first-order chi connectivity index (χ1) is 9.19. The van der Waals surface area contributed by atoms with Crippen molar-refractivity contribution in [3.8, 4) is 17.0 Å². The van der Waals surface area contributed by atoms with Gasteiger partial charge in [0.15, 0.2) is 5.65 Å². The lowest BCUT2D eigenvalue weighted by Gasteiger charge is -2.00. The third-order valence-corrected chi connectivity index (χ3v) is 3.33. The number of aromatic nitrogens is 2. The minimum Gasteiger partial charge on any atom is -0.497 e. The van der Waals surface area contributed by atoms with Crippen LogP contribution >= 0.6 is 11.6 Å². The summed E-state index contributed by atoms with van der Waals surface area (Å²) in [5.41, 5.74) is 8.92. The molecule has 0 spiro atoms. The van der Waals surface area contributed by atoms with Crippen molar-refractivity contribution in [2.24, 2.45) is 0 Å². The molecular weight excluding hydrogens is 262 g/mol. The van der Waals surface area contributed by atoms with Crippen molar-refractivity contribution in [2.45, 2.75) is 0 Å². The molecule has 3 rings (SSSR count). The van der Waals surface area contributed by atoms with Crippen LogP contribution in [0.4, 0.5) is 5.69 Å². The summed E-state index contributed by atoms with van der Waals surface area (Å²) in [5, 5.41) is 0.513. The van der Waals surface area contributed by atoms with Gasteiger partial charge in [-0.3, -0.25) is 0 Å². The highest BCUT2D eigenvalue weighted by Crippen LogP contribution is 2.27. The Morgan fingerprint density at radius 3 is 2.63 bits per heavy atom. The fourth-order valence-electron chi connectivity index (χ4n) is 1.95. The smallest absolute Gasteiger partial charge is 0.162 e. The summed E-state index contributed by atoms with van der Waals surface area (Å²) in [7, 11) is 1.64. The number of benzene rings is 1. The van der Waals surface area contributed by atoms with E-state index in [9.17, 15) is 0 Å². The minimum atomic E-state index is 0.490. The number of halogens is 1. The van der Waals surface area contributed by atoms with Crippen LogP contribution in [0.25, 0.3) is 16.9 Å². The molecule has 0 atom stereocenters. The molecule has 2 N–H and O–H groups in total. The van der Waals surface area contributed by atoms with Crippen LogP contribution in [0.15, 0.2) is 42.7 Å². The summed E-state index contributed by atoms with van der Waals surface area (Å²) in [4.78, 5) is 4.51. The Hall–Kier alpha value is -2.20. The van der Waals surface area contributed by atoms with E-state index >= 15 is 0 Å². The zero-order valence-electron chi connectivity index (χ0n) is 10.3. The number of pyridine rings is 1. The van der Waals surface area contributed by atoms with E-state index in [0.717, 1.165) is 17.0 Å². The molecule has 4 nitrogen and oxygen atoms in total. The van der Waals surface area contributed by atoms with Crippen LogP contribution in [-0.4, -0.2) is 16.5 Å². The van der Waals surface area contributed by atoms with Gasteiger partial charge in [-0.2, -0.15) is 0 Å². The lowest BCUT2D eigenvalue weighted by molar-refractivity contribution is 0.415. The lowest BCUT2D eigenvalue weighted by atomic mass is 10.2. The standard InChI is InChI=1S/C14H12ClN3O/c1-19-10-4-2-9(3-5-10)12-8-18-7-6-11(15)13(16)14(18)17-12/h2-8H,16H2,1H3. The first kappa shape index (κ1) is 11.9. The van der Waals surface area contributed by atoms with E-state index in [1.165, 1.54) is 0 Å². The zero-order chi connectivity index (χ0) is 13.4. The molecule has 0 radical (unpaired) electrons. The van der Waals surface area contributed by atoms with Crippen LogP contribution in [0, 0.1) is 0 Å². The van der Waals surface area contributed by atoms with Crippen molar-refractivity contribution in [1.82, 2.24) is 9.38 Å². The Morgan fingerprint density at radius 1 is 1.21 bits per heavy atom. The van der Waals surface area contributed by atoms with E-state index in [1.807, 2.05) is 41.1 Å². The van der Waals surface area contributed by atoms with E-state index in [-0.39, 0.29) is 0 Å². The van der Waals surface area contributed by atoms with Crippen LogP contribution in [0.1, 0.15) is 0 Å². The second kappa shape index (κ2) is 4.48. The summed E-state index contributed by atoms with van der Waals surface area (Å²) < 4.78 is 7.00. The molecule has 19 heavy (non-hydrogen) atoms. The topological polar surface area (TPSA) is 52.5 Å². The maximum atomic E-state index is 5.99. The number of nitrogens with two attached hydrogens (primary N) is 1. The first-order valence-electron chi connectivity index (χ1n) is 5.76. The average Bonchev–Trinajstić information content (AvgIpc) is 2.88. The number of fused-ring (bicyclic) bond motifs is 1. The molecule has 0 aliphatic heterocycles. The number of nitrogen functional groups attached to an aromatic ring is 1. The molecule has 0 bridgehead atoms. The summed E-state index contributed by atoms with van der Waals surface area (Å²) in [6.45, 7) is 0. The van der Waals surface area contributed by atoms with Gasteiger partial charge in [0.2, 0.25) is 0 Å². The first-order valence-corrected chi connectivity index (χ1v) is 6.14. The molecule has 0 saturated heterocycles. The van der Waals surface area contributed by atoms with Crippen LogP contribution < -0.4 is 10.5 Å². The number of hydrogen-bond donors (Lipinski definition) is 1. The Kier molecular flexibility index (Phi) is 2.80. The van der Waals surface area contributed by atoms with Crippen molar-refractivity contribution in [3.05, 3.63) is 47.7 Å². The van der Waals surface area contributed by atoms with Crippen LogP contribution in [-0.2, 0) is 0 Å². The third-order valence-electron chi connectivity index (χ3n) is 3.00. The average molecular weight is 274 g/mol. The van der Waals surface area contributed by atoms with Gasteiger partial charge < -0.3 is 14.9 Å². The second-order valence-corrected chi connectivity index (χ2v) is 4.57. The van der Waals surface area contributed by atoms with Crippen molar-refractivity contribution < 1.29 is 4.74 Å². The summed E-state index contributed by atoms with van der Waals surface area (Å²) in [6, 6.07) is 9.46. The van der Waals surface area contributed by atoms with E-state index < -0.39 is 0 Å². The Bertz CT molecular complexity index is 734. The predicted molar refractivity (Wildman–Crippen MR) is 76.6 cm³/mol. The second-order valence-electron chi connectivity index (χ2n) is 4.16. The highest BCUT2D eigenvalue weighted by Gasteiger charge is 2.09. The van der Waals surface area contributed by atoms with Gasteiger partial charge in [0.05, 0.1) is 23.5 Å². The number of methoxy groups -OCH3 is 1. The Labute approximate surface area is 115 Å². The van der Waals surface area contributed by atoms with Gasteiger partial charge in [-0.25, -0.2) is 4.98 Å². The molecule has 0 fully saturated rings. The molecule has 0 amide bonds. The number of imidazole rings is 1. The maximum Gasteiger partial charge on any atom is 0.162 e. The molecule has 0 unspecified atom stereocenters. The molecule has 3 aromatic rings. The van der Waals surface area contributed by atoms with Gasteiger partial charge in [-0.05, 0) is 30.3 Å². The molecular formula is C14H12ClN3O. The molecule has 0 aliphatic rings. The highest BCUT2D eigenvalue weighted by atomic mass is 35.5. The monoisotopic (exact) mass is 273 g/mol. The van der Waals surface area contributed by atoms with Gasteiger partial charge >= 0.3 is 0 Å². The molecule has 2 heterocycles. The number of rotatable bonds is 2. The molecule has 0 aliphatic carbocycles. The van der Waals surface area contributed by atoms with Crippen molar-refractivity contribution in [3.63, 3.8) is 0 Å². The normalized spacial score (nSPS) is 10.8. The van der Waals surface area contributed by atoms with E-state index in [4.69, 9.17) is 22.1 Å². The Balaban J connectivity index is 2.12. The maximum absolute atomic E-state index is 5.99. The van der Waals surface area contributed by atoms with Gasteiger partial charge in [-0.15, -0.1) is 0 Å². The number of nitrogens with zero attached hydrogens (tertiary/aromatic N) is 2. The molecule has 96 valence electrons. The van der Waals surface area contributed by atoms with Crippen molar-refractivity contribution in [2.75, 3.05) is 12.8 Å². The zero-order valence-corrected chi connectivity index (χ0v) is 11.1. The Morgan fingerprint density at radius 2 is 1.95 bits per heavy atom. The minimum absolute atomic E-state index is 0.490. The van der Waals surface area contributed by atoms with Crippen LogP contribution in [0.3, 0.4) is 0 Å².